The smallest absolute Gasteiger partial charge is 0.0820 e. The zero-order chi connectivity index (χ0) is 13.3. The van der Waals surface area contributed by atoms with Gasteiger partial charge in [0.05, 0.1) is 10.7 Å². The highest BCUT2D eigenvalue weighted by Gasteiger charge is 1.98. The fourth-order valence-corrected chi connectivity index (χ4v) is 2.20. The Balaban J connectivity index is 1.59. The van der Waals surface area contributed by atoms with E-state index in [0.29, 0.717) is 5.02 Å². The summed E-state index contributed by atoms with van der Waals surface area (Å²) in [5.41, 5.74) is 2.40. The predicted octanol–water partition coefficient (Wildman–Crippen LogP) is 4.56. The zero-order valence-electron chi connectivity index (χ0n) is 11.0. The van der Waals surface area contributed by atoms with Crippen LogP contribution in [0.3, 0.4) is 0 Å². The Hall–Kier alpha value is -1.54. The number of anilines is 1. The normalized spacial score (nSPS) is 10.4. The topological polar surface area (TPSA) is 24.9 Å². The number of nitrogens with zero attached hydrogens (tertiary/aromatic N) is 1. The molecule has 0 saturated carbocycles. The number of unbranched alkanes of at least 4 members (excludes halogenated alkanes) is 2. The maximum Gasteiger partial charge on any atom is 0.0820 e. The molecule has 0 aliphatic rings. The molecule has 2 aromatic rings. The van der Waals surface area contributed by atoms with E-state index in [1.807, 2.05) is 6.07 Å². The van der Waals surface area contributed by atoms with E-state index in [4.69, 9.17) is 11.6 Å². The van der Waals surface area contributed by atoms with Crippen molar-refractivity contribution in [1.82, 2.24) is 4.98 Å². The van der Waals surface area contributed by atoms with Gasteiger partial charge in [0, 0.05) is 18.9 Å². The van der Waals surface area contributed by atoms with Crippen LogP contribution >= 0.6 is 11.6 Å². The van der Waals surface area contributed by atoms with Gasteiger partial charge in [-0.25, -0.2) is 0 Å². The van der Waals surface area contributed by atoms with E-state index in [0.717, 1.165) is 25.1 Å². The lowest BCUT2D eigenvalue weighted by molar-refractivity contribution is 0.698. The second-order valence-electron chi connectivity index (χ2n) is 4.58. The Labute approximate surface area is 119 Å². The minimum atomic E-state index is 0.687. The van der Waals surface area contributed by atoms with Crippen molar-refractivity contribution in [3.05, 3.63) is 59.4 Å². The SMILES string of the molecule is Clc1cnccc1NCCCCCc1ccccc1. The number of nitrogens with one attached hydrogen (secondary N) is 1. The summed E-state index contributed by atoms with van der Waals surface area (Å²) in [7, 11) is 0. The Bertz CT molecular complexity index is 485. The third kappa shape index (κ3) is 4.92. The van der Waals surface area contributed by atoms with E-state index < -0.39 is 0 Å². The number of hydrogen-bond donors (Lipinski definition) is 1. The number of hydrogen-bond acceptors (Lipinski definition) is 2. The van der Waals surface area contributed by atoms with Gasteiger partial charge in [-0.15, -0.1) is 0 Å². The van der Waals surface area contributed by atoms with E-state index in [2.05, 4.69) is 40.6 Å². The van der Waals surface area contributed by atoms with Crippen LogP contribution in [0.25, 0.3) is 0 Å². The summed E-state index contributed by atoms with van der Waals surface area (Å²) in [4.78, 5) is 3.96. The number of aryl methyl sites for hydroxylation is 1. The molecule has 2 nitrogen and oxygen atoms in total. The van der Waals surface area contributed by atoms with Crippen LogP contribution < -0.4 is 5.32 Å². The second kappa shape index (κ2) is 7.80. The van der Waals surface area contributed by atoms with E-state index >= 15 is 0 Å². The summed E-state index contributed by atoms with van der Waals surface area (Å²) in [5.74, 6) is 0. The molecule has 1 aromatic heterocycles. The molecule has 0 radical (unpaired) electrons. The Morgan fingerprint density at radius 3 is 2.63 bits per heavy atom. The van der Waals surface area contributed by atoms with Gasteiger partial charge >= 0.3 is 0 Å². The van der Waals surface area contributed by atoms with Gasteiger partial charge in [0.15, 0.2) is 0 Å². The van der Waals surface area contributed by atoms with Crippen LogP contribution in [0.4, 0.5) is 5.69 Å². The summed E-state index contributed by atoms with van der Waals surface area (Å²) in [6.07, 6.45) is 8.20. The molecule has 1 aromatic carbocycles. The van der Waals surface area contributed by atoms with Gasteiger partial charge in [-0.3, -0.25) is 4.98 Å². The first-order chi connectivity index (χ1) is 9.36. The van der Waals surface area contributed by atoms with Gasteiger partial charge in [0.25, 0.3) is 0 Å². The lowest BCUT2D eigenvalue weighted by Crippen LogP contribution is -2.02. The van der Waals surface area contributed by atoms with Crippen molar-refractivity contribution >= 4 is 17.3 Å². The van der Waals surface area contributed by atoms with E-state index in [9.17, 15) is 0 Å². The standard InChI is InChI=1S/C16H19ClN2/c17-15-13-18-12-10-16(15)19-11-6-2-5-9-14-7-3-1-4-8-14/h1,3-4,7-8,10,12-13H,2,5-6,9,11H2,(H,18,19). The van der Waals surface area contributed by atoms with Crippen molar-refractivity contribution in [1.29, 1.82) is 0 Å². The average molecular weight is 275 g/mol. The summed E-state index contributed by atoms with van der Waals surface area (Å²) in [5, 5.41) is 4.03. The first-order valence-electron chi connectivity index (χ1n) is 6.73. The van der Waals surface area contributed by atoms with Crippen molar-refractivity contribution in [2.45, 2.75) is 25.7 Å². The summed E-state index contributed by atoms with van der Waals surface area (Å²) < 4.78 is 0. The summed E-state index contributed by atoms with van der Waals surface area (Å²) >= 11 is 6.02. The van der Waals surface area contributed by atoms with Gasteiger partial charge in [-0.05, 0) is 30.9 Å². The van der Waals surface area contributed by atoms with Gasteiger partial charge in [0.1, 0.15) is 0 Å². The lowest BCUT2D eigenvalue weighted by atomic mass is 10.1. The molecule has 0 saturated heterocycles. The third-order valence-corrected chi connectivity index (χ3v) is 3.37. The van der Waals surface area contributed by atoms with E-state index in [-0.39, 0.29) is 0 Å². The fourth-order valence-electron chi connectivity index (χ4n) is 2.02. The van der Waals surface area contributed by atoms with E-state index in [1.54, 1.807) is 12.4 Å². The highest BCUT2D eigenvalue weighted by atomic mass is 35.5. The Kier molecular flexibility index (Phi) is 5.70. The van der Waals surface area contributed by atoms with Crippen molar-refractivity contribution in [2.24, 2.45) is 0 Å². The first kappa shape index (κ1) is 13.9. The molecule has 0 aliphatic carbocycles. The molecule has 3 heteroatoms. The second-order valence-corrected chi connectivity index (χ2v) is 4.99. The van der Waals surface area contributed by atoms with Crippen LogP contribution in [0.2, 0.25) is 5.02 Å². The van der Waals surface area contributed by atoms with Gasteiger partial charge in [-0.1, -0.05) is 48.4 Å². The van der Waals surface area contributed by atoms with Crippen molar-refractivity contribution in [2.75, 3.05) is 11.9 Å². The molecule has 0 spiro atoms. The summed E-state index contributed by atoms with van der Waals surface area (Å²) in [6, 6.07) is 12.5. The van der Waals surface area contributed by atoms with Crippen LogP contribution in [0.15, 0.2) is 48.8 Å². The van der Waals surface area contributed by atoms with Crippen molar-refractivity contribution in [3.8, 4) is 0 Å². The molecular weight excluding hydrogens is 256 g/mol. The molecule has 100 valence electrons. The number of halogens is 1. The number of rotatable bonds is 7. The van der Waals surface area contributed by atoms with Crippen molar-refractivity contribution < 1.29 is 0 Å². The van der Waals surface area contributed by atoms with Gasteiger partial charge < -0.3 is 5.32 Å². The maximum atomic E-state index is 6.02. The zero-order valence-corrected chi connectivity index (χ0v) is 11.7. The molecule has 0 aliphatic heterocycles. The largest absolute Gasteiger partial charge is 0.384 e. The predicted molar refractivity (Wildman–Crippen MR) is 81.7 cm³/mol. The maximum absolute atomic E-state index is 6.02. The van der Waals surface area contributed by atoms with Crippen LogP contribution in [0.1, 0.15) is 24.8 Å². The Morgan fingerprint density at radius 2 is 1.84 bits per heavy atom. The van der Waals surface area contributed by atoms with Crippen LogP contribution in [-0.4, -0.2) is 11.5 Å². The fraction of sp³-hybridized carbons (Fsp3) is 0.312. The molecule has 0 unspecified atom stereocenters. The molecule has 0 bridgehead atoms. The highest BCUT2D eigenvalue weighted by Crippen LogP contribution is 2.19. The monoisotopic (exact) mass is 274 g/mol. The lowest BCUT2D eigenvalue weighted by Gasteiger charge is -2.07. The molecule has 1 heterocycles. The number of pyridine rings is 1. The highest BCUT2D eigenvalue weighted by molar-refractivity contribution is 6.33. The molecule has 0 fully saturated rings. The van der Waals surface area contributed by atoms with E-state index in [1.165, 1.54) is 18.4 Å². The minimum absolute atomic E-state index is 0.687. The molecule has 1 N–H and O–H groups in total. The molecule has 0 atom stereocenters. The minimum Gasteiger partial charge on any atom is -0.384 e. The molecule has 2 rings (SSSR count). The first-order valence-corrected chi connectivity index (χ1v) is 7.11. The molecule has 0 amide bonds. The number of benzene rings is 1. The van der Waals surface area contributed by atoms with Crippen LogP contribution in [0, 0.1) is 0 Å². The van der Waals surface area contributed by atoms with Crippen LogP contribution in [0.5, 0.6) is 0 Å². The third-order valence-electron chi connectivity index (χ3n) is 3.07. The van der Waals surface area contributed by atoms with Crippen molar-refractivity contribution in [3.63, 3.8) is 0 Å². The Morgan fingerprint density at radius 1 is 1.00 bits per heavy atom. The number of aromatic nitrogens is 1. The summed E-state index contributed by atoms with van der Waals surface area (Å²) in [6.45, 7) is 0.957. The molecular formula is C16H19ClN2. The van der Waals surface area contributed by atoms with Crippen LogP contribution in [-0.2, 0) is 6.42 Å². The quantitative estimate of drug-likeness (QED) is 0.749. The average Bonchev–Trinajstić information content (AvgIpc) is 2.45. The van der Waals surface area contributed by atoms with Gasteiger partial charge in [0.2, 0.25) is 0 Å². The van der Waals surface area contributed by atoms with Gasteiger partial charge in [-0.2, -0.15) is 0 Å². The molecule has 19 heavy (non-hydrogen) atoms.